The number of aromatic amines is 1. The smallest absolute Gasteiger partial charge is 0.252 e. The van der Waals surface area contributed by atoms with E-state index in [0.717, 1.165) is 0 Å². The molecule has 0 aliphatic heterocycles. The van der Waals surface area contributed by atoms with Crippen LogP contribution in [0.5, 0.6) is 0 Å². The first kappa shape index (κ1) is 18.3. The lowest BCUT2D eigenvalue weighted by Crippen LogP contribution is -2.31. The van der Waals surface area contributed by atoms with Gasteiger partial charge in [0.2, 0.25) is 5.91 Å². The fourth-order valence-electron chi connectivity index (χ4n) is 2.87. The molecule has 0 saturated carbocycles. The van der Waals surface area contributed by atoms with Crippen LogP contribution in [0.15, 0.2) is 35.3 Å². The number of H-pyrrole nitrogens is 1. The Bertz CT molecular complexity index is 1130. The molecular formula is C20H17FN4O2. The number of aryl methyl sites for hydroxylation is 1. The van der Waals surface area contributed by atoms with Crippen molar-refractivity contribution in [3.05, 3.63) is 69.3 Å². The van der Waals surface area contributed by atoms with Gasteiger partial charge in [0.05, 0.1) is 30.0 Å². The molecule has 0 unspecified atom stereocenters. The third-order valence-electron chi connectivity index (χ3n) is 4.15. The molecule has 0 aliphatic rings. The van der Waals surface area contributed by atoms with E-state index in [9.17, 15) is 14.0 Å². The van der Waals surface area contributed by atoms with Crippen molar-refractivity contribution in [1.82, 2.24) is 20.3 Å². The SMILES string of the molecule is C#Cc1cnc([C@@H](C)NC(=O)Cc2cc3cc(F)ccc3[nH]c2=O)c(C)n1. The summed E-state index contributed by atoms with van der Waals surface area (Å²) < 4.78 is 13.4. The highest BCUT2D eigenvalue weighted by Crippen LogP contribution is 2.15. The number of carbonyl (C=O) groups is 1. The van der Waals surface area contributed by atoms with Crippen molar-refractivity contribution >= 4 is 16.8 Å². The van der Waals surface area contributed by atoms with E-state index in [1.54, 1.807) is 13.8 Å². The van der Waals surface area contributed by atoms with E-state index in [-0.39, 0.29) is 23.5 Å². The number of benzene rings is 1. The maximum atomic E-state index is 13.4. The number of pyridine rings is 1. The number of nitrogens with zero attached hydrogens (tertiary/aromatic N) is 2. The van der Waals surface area contributed by atoms with Crippen LogP contribution in [0.4, 0.5) is 4.39 Å². The summed E-state index contributed by atoms with van der Waals surface area (Å²) in [4.78, 5) is 35.7. The van der Waals surface area contributed by atoms with Gasteiger partial charge in [-0.3, -0.25) is 14.6 Å². The predicted octanol–water partition coefficient (Wildman–Crippen LogP) is 2.17. The molecule has 3 aromatic rings. The van der Waals surface area contributed by atoms with Crippen LogP contribution in [-0.4, -0.2) is 20.9 Å². The van der Waals surface area contributed by atoms with Crippen molar-refractivity contribution in [2.75, 3.05) is 0 Å². The number of halogens is 1. The Labute approximate surface area is 154 Å². The number of hydrogen-bond donors (Lipinski definition) is 2. The summed E-state index contributed by atoms with van der Waals surface area (Å²) >= 11 is 0. The number of fused-ring (bicyclic) bond motifs is 1. The lowest BCUT2D eigenvalue weighted by molar-refractivity contribution is -0.121. The topological polar surface area (TPSA) is 87.7 Å². The van der Waals surface area contributed by atoms with Gasteiger partial charge in [-0.2, -0.15) is 0 Å². The lowest BCUT2D eigenvalue weighted by atomic mass is 10.1. The Morgan fingerprint density at radius 1 is 1.41 bits per heavy atom. The Balaban J connectivity index is 1.77. The minimum absolute atomic E-state index is 0.138. The number of aromatic nitrogens is 3. The molecule has 0 fully saturated rings. The second-order valence-corrected chi connectivity index (χ2v) is 6.19. The molecule has 0 spiro atoms. The molecule has 2 N–H and O–H groups in total. The lowest BCUT2D eigenvalue weighted by Gasteiger charge is -2.15. The van der Waals surface area contributed by atoms with Crippen molar-refractivity contribution in [3.8, 4) is 12.3 Å². The highest BCUT2D eigenvalue weighted by Gasteiger charge is 2.16. The monoisotopic (exact) mass is 364 g/mol. The average Bonchev–Trinajstić information content (AvgIpc) is 2.62. The first-order chi connectivity index (χ1) is 12.9. The molecule has 6 nitrogen and oxygen atoms in total. The van der Waals surface area contributed by atoms with Gasteiger partial charge in [0.1, 0.15) is 11.5 Å². The summed E-state index contributed by atoms with van der Waals surface area (Å²) in [5.74, 6) is 1.64. The van der Waals surface area contributed by atoms with Gasteiger partial charge in [0.25, 0.3) is 5.56 Å². The Kier molecular flexibility index (Phi) is 4.99. The van der Waals surface area contributed by atoms with Gasteiger partial charge in [0.15, 0.2) is 0 Å². The van der Waals surface area contributed by atoms with Crippen LogP contribution in [0.3, 0.4) is 0 Å². The van der Waals surface area contributed by atoms with E-state index >= 15 is 0 Å². The number of rotatable bonds is 4. The average molecular weight is 364 g/mol. The first-order valence-electron chi connectivity index (χ1n) is 8.28. The van der Waals surface area contributed by atoms with E-state index in [2.05, 4.69) is 26.2 Å². The second-order valence-electron chi connectivity index (χ2n) is 6.19. The molecule has 3 rings (SSSR count). The highest BCUT2D eigenvalue weighted by molar-refractivity contribution is 5.82. The molecule has 2 heterocycles. The van der Waals surface area contributed by atoms with E-state index < -0.39 is 11.9 Å². The number of hydrogen-bond acceptors (Lipinski definition) is 4. The summed E-state index contributed by atoms with van der Waals surface area (Å²) in [5.41, 5.74) is 2.02. The standard InChI is InChI=1S/C20H17FN4O2/c1-4-16-10-22-19(11(2)23-16)12(3)24-18(26)9-14-7-13-8-15(21)5-6-17(13)25-20(14)27/h1,5-8,10,12H,9H2,2-3H3,(H,24,26)(H,25,27)/t12-/m1/s1. The second kappa shape index (κ2) is 7.38. The summed E-state index contributed by atoms with van der Waals surface area (Å²) in [6.45, 7) is 3.53. The maximum absolute atomic E-state index is 13.4. The van der Waals surface area contributed by atoms with Crippen LogP contribution in [0, 0.1) is 25.1 Å². The van der Waals surface area contributed by atoms with Crippen molar-refractivity contribution < 1.29 is 9.18 Å². The third-order valence-corrected chi connectivity index (χ3v) is 4.15. The van der Waals surface area contributed by atoms with Gasteiger partial charge in [-0.05, 0) is 44.0 Å². The number of terminal acetylenes is 1. The zero-order valence-electron chi connectivity index (χ0n) is 14.8. The van der Waals surface area contributed by atoms with Crippen LogP contribution in [-0.2, 0) is 11.2 Å². The molecule has 1 atom stereocenters. The van der Waals surface area contributed by atoms with Gasteiger partial charge < -0.3 is 10.3 Å². The van der Waals surface area contributed by atoms with Crippen LogP contribution < -0.4 is 10.9 Å². The fourth-order valence-corrected chi connectivity index (χ4v) is 2.87. The van der Waals surface area contributed by atoms with Crippen molar-refractivity contribution in [2.45, 2.75) is 26.3 Å². The Morgan fingerprint density at radius 2 is 2.19 bits per heavy atom. The normalized spacial score (nSPS) is 11.8. The van der Waals surface area contributed by atoms with Crippen molar-refractivity contribution in [1.29, 1.82) is 0 Å². The highest BCUT2D eigenvalue weighted by atomic mass is 19.1. The molecule has 0 bridgehead atoms. The number of amides is 1. The number of nitrogens with one attached hydrogen (secondary N) is 2. The minimum atomic E-state index is -0.414. The van der Waals surface area contributed by atoms with Crippen LogP contribution in [0.2, 0.25) is 0 Å². The van der Waals surface area contributed by atoms with Crippen LogP contribution >= 0.6 is 0 Å². The summed E-state index contributed by atoms with van der Waals surface area (Å²) in [6.07, 6.45) is 6.62. The summed E-state index contributed by atoms with van der Waals surface area (Å²) in [6, 6.07) is 5.17. The molecule has 0 aliphatic carbocycles. The van der Waals surface area contributed by atoms with Crippen LogP contribution in [0.1, 0.15) is 35.6 Å². The minimum Gasteiger partial charge on any atom is -0.348 e. The first-order valence-corrected chi connectivity index (χ1v) is 8.28. The molecule has 1 aromatic carbocycles. The molecule has 0 saturated heterocycles. The van der Waals surface area contributed by atoms with E-state index in [1.807, 2.05) is 0 Å². The maximum Gasteiger partial charge on any atom is 0.252 e. The van der Waals surface area contributed by atoms with Crippen molar-refractivity contribution in [3.63, 3.8) is 0 Å². The van der Waals surface area contributed by atoms with Gasteiger partial charge in [-0.15, -0.1) is 6.42 Å². The van der Waals surface area contributed by atoms with Crippen LogP contribution in [0.25, 0.3) is 10.9 Å². The summed E-state index contributed by atoms with van der Waals surface area (Å²) in [7, 11) is 0. The zero-order chi connectivity index (χ0) is 19.6. The van der Waals surface area contributed by atoms with Gasteiger partial charge in [0, 0.05) is 16.5 Å². The van der Waals surface area contributed by atoms with Gasteiger partial charge >= 0.3 is 0 Å². The molecule has 0 radical (unpaired) electrons. The Morgan fingerprint density at radius 3 is 2.89 bits per heavy atom. The fraction of sp³-hybridized carbons (Fsp3) is 0.200. The van der Waals surface area contributed by atoms with Crippen molar-refractivity contribution in [2.24, 2.45) is 0 Å². The molecule has 2 aromatic heterocycles. The molecule has 136 valence electrons. The van der Waals surface area contributed by atoms with E-state index in [1.165, 1.54) is 30.5 Å². The Hall–Kier alpha value is -3.53. The molecule has 27 heavy (non-hydrogen) atoms. The molecule has 1 amide bonds. The quantitative estimate of drug-likeness (QED) is 0.695. The largest absolute Gasteiger partial charge is 0.348 e. The van der Waals surface area contributed by atoms with Gasteiger partial charge in [-0.1, -0.05) is 0 Å². The van der Waals surface area contributed by atoms with Gasteiger partial charge in [-0.25, -0.2) is 9.37 Å². The molecule has 7 heteroatoms. The number of carbonyl (C=O) groups excluding carboxylic acids is 1. The van der Waals surface area contributed by atoms with E-state index in [4.69, 9.17) is 6.42 Å². The third kappa shape index (κ3) is 4.01. The molecular weight excluding hydrogens is 347 g/mol. The van der Waals surface area contributed by atoms with E-state index in [0.29, 0.717) is 28.0 Å². The zero-order valence-corrected chi connectivity index (χ0v) is 14.8. The predicted molar refractivity (Wildman–Crippen MR) is 99.5 cm³/mol. The summed E-state index contributed by atoms with van der Waals surface area (Å²) in [5, 5.41) is 3.31.